The molecule has 0 fully saturated rings. The van der Waals surface area contributed by atoms with Gasteiger partial charge in [0.05, 0.1) is 31.4 Å². The van der Waals surface area contributed by atoms with Gasteiger partial charge in [-0.25, -0.2) is 21.6 Å². The van der Waals surface area contributed by atoms with Crippen LogP contribution in [0.15, 0.2) is 103 Å². The number of anilines is 2. The molecule has 4 rings (SSSR count). The number of carbonyl (C=O) groups excluding carboxylic acids is 1. The second kappa shape index (κ2) is 12.9. The van der Waals surface area contributed by atoms with Gasteiger partial charge in [-0.2, -0.15) is 0 Å². The largest absolute Gasteiger partial charge is 0.488 e. The Labute approximate surface area is 240 Å². The number of carbonyl (C=O) groups is 1. The van der Waals surface area contributed by atoms with Crippen molar-refractivity contribution in [1.82, 2.24) is 0 Å². The van der Waals surface area contributed by atoms with Crippen LogP contribution in [-0.2, 0) is 43.7 Å². The number of benzene rings is 4. The van der Waals surface area contributed by atoms with Gasteiger partial charge in [0.15, 0.2) is 0 Å². The summed E-state index contributed by atoms with van der Waals surface area (Å²) >= 11 is 0. The number of esters is 1. The van der Waals surface area contributed by atoms with Crippen molar-refractivity contribution >= 4 is 37.4 Å². The Bertz CT molecular complexity index is 1690. The van der Waals surface area contributed by atoms with Crippen molar-refractivity contribution in [2.45, 2.75) is 18.9 Å². The molecule has 214 valence electrons. The molecule has 0 radical (unpaired) electrons. The van der Waals surface area contributed by atoms with E-state index in [2.05, 4.69) is 4.72 Å². The number of methoxy groups -OCH3 is 1. The number of rotatable bonds is 12. The Morgan fingerprint density at radius 3 is 1.98 bits per heavy atom. The minimum Gasteiger partial charge on any atom is -0.488 e. The standard InChI is InChI=1S/C30H30N2O7S2/c1-38-30(33)28-19-27(17-18-29(28)39-21-24-9-5-3-6-10-24)32(41(36,37)22-25-11-7-4-8-12-25)20-23-13-15-26(16-14-23)31-40(2,34)35/h3-19,31H,20-22H2,1-2H3. The van der Waals surface area contributed by atoms with Crippen LogP contribution in [-0.4, -0.2) is 36.2 Å². The maximum atomic E-state index is 13.8. The zero-order valence-electron chi connectivity index (χ0n) is 22.6. The zero-order chi connectivity index (χ0) is 29.5. The van der Waals surface area contributed by atoms with E-state index >= 15 is 0 Å². The predicted octanol–water partition coefficient (Wildman–Crippen LogP) is 4.96. The Balaban J connectivity index is 1.70. The topological polar surface area (TPSA) is 119 Å². The fourth-order valence-corrected chi connectivity index (χ4v) is 6.19. The summed E-state index contributed by atoms with van der Waals surface area (Å²) in [5.74, 6) is -0.700. The Kier molecular flexibility index (Phi) is 9.31. The SMILES string of the molecule is COC(=O)c1cc(N(Cc2ccc(NS(C)(=O)=O)cc2)S(=O)(=O)Cc2ccccc2)ccc1OCc1ccccc1. The lowest BCUT2D eigenvalue weighted by Crippen LogP contribution is -2.32. The summed E-state index contributed by atoms with van der Waals surface area (Å²) in [7, 11) is -6.18. The van der Waals surface area contributed by atoms with Crippen LogP contribution in [0.5, 0.6) is 5.75 Å². The molecular weight excluding hydrogens is 564 g/mol. The molecule has 0 aliphatic heterocycles. The van der Waals surface area contributed by atoms with E-state index in [9.17, 15) is 21.6 Å². The summed E-state index contributed by atoms with van der Waals surface area (Å²) in [6.07, 6.45) is 1.05. The Hall–Kier alpha value is -4.35. The minimum atomic E-state index is -3.95. The van der Waals surface area contributed by atoms with E-state index in [1.54, 1.807) is 66.7 Å². The minimum absolute atomic E-state index is 0.0703. The lowest BCUT2D eigenvalue weighted by Gasteiger charge is -2.26. The average molecular weight is 595 g/mol. The van der Waals surface area contributed by atoms with E-state index in [1.165, 1.54) is 17.5 Å². The molecule has 0 aliphatic rings. The van der Waals surface area contributed by atoms with E-state index in [0.717, 1.165) is 11.8 Å². The molecule has 1 N–H and O–H groups in total. The summed E-state index contributed by atoms with van der Waals surface area (Å²) in [4.78, 5) is 12.7. The molecule has 0 heterocycles. The molecule has 0 atom stereocenters. The van der Waals surface area contributed by atoms with Crippen LogP contribution in [0.1, 0.15) is 27.0 Å². The van der Waals surface area contributed by atoms with Crippen molar-refractivity contribution in [2.75, 3.05) is 22.4 Å². The van der Waals surface area contributed by atoms with E-state index in [0.29, 0.717) is 16.8 Å². The summed E-state index contributed by atoms with van der Waals surface area (Å²) < 4.78 is 65.2. The molecule has 0 aliphatic carbocycles. The van der Waals surface area contributed by atoms with Crippen molar-refractivity contribution in [1.29, 1.82) is 0 Å². The maximum absolute atomic E-state index is 13.8. The van der Waals surface area contributed by atoms with Crippen LogP contribution >= 0.6 is 0 Å². The molecule has 4 aromatic rings. The van der Waals surface area contributed by atoms with Crippen LogP contribution < -0.4 is 13.8 Å². The highest BCUT2D eigenvalue weighted by Gasteiger charge is 2.26. The van der Waals surface area contributed by atoms with Gasteiger partial charge in [-0.1, -0.05) is 72.8 Å². The van der Waals surface area contributed by atoms with E-state index in [-0.39, 0.29) is 35.9 Å². The first kappa shape index (κ1) is 29.6. The second-order valence-electron chi connectivity index (χ2n) is 9.27. The van der Waals surface area contributed by atoms with Crippen molar-refractivity contribution in [3.8, 4) is 5.75 Å². The van der Waals surface area contributed by atoms with Gasteiger partial charge in [0, 0.05) is 5.69 Å². The van der Waals surface area contributed by atoms with Crippen molar-refractivity contribution in [3.63, 3.8) is 0 Å². The molecule has 4 aromatic carbocycles. The fraction of sp³-hybridized carbons (Fsp3) is 0.167. The molecule has 0 saturated heterocycles. The quantitative estimate of drug-likeness (QED) is 0.230. The predicted molar refractivity (Wildman–Crippen MR) is 159 cm³/mol. The van der Waals surface area contributed by atoms with E-state index in [1.807, 2.05) is 30.3 Å². The zero-order valence-corrected chi connectivity index (χ0v) is 24.2. The van der Waals surface area contributed by atoms with E-state index in [4.69, 9.17) is 9.47 Å². The van der Waals surface area contributed by atoms with Gasteiger partial charge in [0.25, 0.3) is 0 Å². The summed E-state index contributed by atoms with van der Waals surface area (Å²) in [6.45, 7) is 0.132. The van der Waals surface area contributed by atoms with Crippen LogP contribution in [0.25, 0.3) is 0 Å². The number of nitrogens with zero attached hydrogens (tertiary/aromatic N) is 1. The third-order valence-corrected chi connectivity index (χ3v) is 8.32. The van der Waals surface area contributed by atoms with E-state index < -0.39 is 26.0 Å². The second-order valence-corrected chi connectivity index (χ2v) is 12.9. The van der Waals surface area contributed by atoms with Crippen LogP contribution in [0.2, 0.25) is 0 Å². The van der Waals surface area contributed by atoms with Gasteiger partial charge in [-0.3, -0.25) is 9.03 Å². The normalized spacial score (nSPS) is 11.5. The van der Waals surface area contributed by atoms with Gasteiger partial charge in [-0.15, -0.1) is 0 Å². The first-order chi connectivity index (χ1) is 19.5. The van der Waals surface area contributed by atoms with Crippen LogP contribution in [0, 0.1) is 0 Å². The Morgan fingerprint density at radius 2 is 1.39 bits per heavy atom. The van der Waals surface area contributed by atoms with Gasteiger partial charge in [-0.05, 0) is 47.0 Å². The lowest BCUT2D eigenvalue weighted by molar-refractivity contribution is 0.0595. The van der Waals surface area contributed by atoms with Gasteiger partial charge in [0.2, 0.25) is 20.0 Å². The van der Waals surface area contributed by atoms with Crippen LogP contribution in [0.4, 0.5) is 11.4 Å². The van der Waals surface area contributed by atoms with Gasteiger partial charge < -0.3 is 9.47 Å². The fourth-order valence-electron chi connectivity index (χ4n) is 4.07. The maximum Gasteiger partial charge on any atom is 0.341 e. The third-order valence-electron chi connectivity index (χ3n) is 6.00. The third kappa shape index (κ3) is 8.32. The summed E-state index contributed by atoms with van der Waals surface area (Å²) in [5.41, 5.74) is 2.77. The number of ether oxygens (including phenoxy) is 2. The molecule has 0 amide bonds. The Morgan fingerprint density at radius 1 is 0.780 bits per heavy atom. The monoisotopic (exact) mass is 594 g/mol. The summed E-state index contributed by atoms with van der Waals surface area (Å²) in [5, 5.41) is 0. The molecule has 41 heavy (non-hydrogen) atoms. The van der Waals surface area contributed by atoms with Crippen molar-refractivity contribution in [2.24, 2.45) is 0 Å². The summed E-state index contributed by atoms with van der Waals surface area (Å²) in [6, 6.07) is 29.1. The van der Waals surface area contributed by atoms with Crippen molar-refractivity contribution in [3.05, 3.63) is 125 Å². The smallest absolute Gasteiger partial charge is 0.341 e. The molecule has 9 nitrogen and oxygen atoms in total. The highest BCUT2D eigenvalue weighted by Crippen LogP contribution is 2.31. The number of hydrogen-bond donors (Lipinski definition) is 1. The molecule has 11 heteroatoms. The first-order valence-corrected chi connectivity index (χ1v) is 16.0. The number of sulfonamides is 2. The van der Waals surface area contributed by atoms with Crippen molar-refractivity contribution < 1.29 is 31.1 Å². The lowest BCUT2D eigenvalue weighted by atomic mass is 10.1. The highest BCUT2D eigenvalue weighted by atomic mass is 32.2. The molecule has 0 saturated carbocycles. The molecule has 0 aromatic heterocycles. The molecule has 0 unspecified atom stereocenters. The highest BCUT2D eigenvalue weighted by molar-refractivity contribution is 7.92. The molecular formula is C30H30N2O7S2. The van der Waals surface area contributed by atoms with Crippen LogP contribution in [0.3, 0.4) is 0 Å². The molecule has 0 spiro atoms. The number of hydrogen-bond acceptors (Lipinski definition) is 7. The van der Waals surface area contributed by atoms with Gasteiger partial charge >= 0.3 is 5.97 Å². The molecule has 0 bridgehead atoms. The van der Waals surface area contributed by atoms with Gasteiger partial charge in [0.1, 0.15) is 17.9 Å². The first-order valence-electron chi connectivity index (χ1n) is 12.5. The number of nitrogens with one attached hydrogen (secondary N) is 1. The average Bonchev–Trinajstić information content (AvgIpc) is 2.95.